The second kappa shape index (κ2) is 5.67. The molecule has 0 amide bonds. The Balaban J connectivity index is 2.11. The van der Waals surface area contributed by atoms with Crippen LogP contribution in [-0.4, -0.2) is 11.7 Å². The van der Waals surface area contributed by atoms with Crippen LogP contribution < -0.4 is 10.5 Å². The van der Waals surface area contributed by atoms with E-state index in [2.05, 4.69) is 0 Å². The minimum absolute atomic E-state index is 0.220. The van der Waals surface area contributed by atoms with Gasteiger partial charge in [0.25, 0.3) is 0 Å². The van der Waals surface area contributed by atoms with E-state index in [4.69, 9.17) is 10.5 Å². The van der Waals surface area contributed by atoms with Crippen molar-refractivity contribution < 1.29 is 9.84 Å². The van der Waals surface area contributed by atoms with E-state index >= 15 is 0 Å². The van der Waals surface area contributed by atoms with E-state index in [1.807, 2.05) is 55.5 Å². The number of aryl methyl sites for hydroxylation is 1. The van der Waals surface area contributed by atoms with Gasteiger partial charge in [-0.05, 0) is 42.3 Å². The lowest BCUT2D eigenvalue weighted by molar-refractivity contribution is 0.186. The Morgan fingerprint density at radius 2 is 1.83 bits per heavy atom. The molecule has 0 saturated carbocycles. The molecule has 18 heavy (non-hydrogen) atoms. The fourth-order valence-electron chi connectivity index (χ4n) is 1.71. The van der Waals surface area contributed by atoms with Gasteiger partial charge in [-0.2, -0.15) is 0 Å². The summed E-state index contributed by atoms with van der Waals surface area (Å²) in [6.45, 7) is 2.24. The fraction of sp³-hybridized carbons (Fsp3) is 0.200. The molecule has 0 aliphatic carbocycles. The van der Waals surface area contributed by atoms with Crippen molar-refractivity contribution in [2.45, 2.75) is 13.0 Å². The lowest BCUT2D eigenvalue weighted by Crippen LogP contribution is -2.11. The van der Waals surface area contributed by atoms with E-state index in [0.717, 1.165) is 22.6 Å². The SMILES string of the molecule is Cc1cccc(Oc2ccc(C(O)CN)cc2)c1. The molecule has 94 valence electrons. The predicted molar refractivity (Wildman–Crippen MR) is 71.7 cm³/mol. The Bertz CT molecular complexity index is 508. The Morgan fingerprint density at radius 1 is 1.11 bits per heavy atom. The van der Waals surface area contributed by atoms with E-state index in [0.29, 0.717) is 0 Å². The number of aliphatic hydroxyl groups excluding tert-OH is 1. The van der Waals surface area contributed by atoms with Gasteiger partial charge in [0.1, 0.15) is 11.5 Å². The zero-order valence-electron chi connectivity index (χ0n) is 10.3. The molecular weight excluding hydrogens is 226 g/mol. The molecule has 2 aromatic carbocycles. The first-order valence-electron chi connectivity index (χ1n) is 5.91. The standard InChI is InChI=1S/C15H17NO2/c1-11-3-2-4-14(9-11)18-13-7-5-12(6-8-13)15(17)10-16/h2-9,15,17H,10,16H2,1H3. The lowest BCUT2D eigenvalue weighted by atomic mass is 10.1. The number of benzene rings is 2. The van der Waals surface area contributed by atoms with Crippen LogP contribution in [0.5, 0.6) is 11.5 Å². The van der Waals surface area contributed by atoms with Crippen LogP contribution in [0.2, 0.25) is 0 Å². The van der Waals surface area contributed by atoms with Crippen molar-refractivity contribution in [3.63, 3.8) is 0 Å². The normalized spacial score (nSPS) is 12.2. The summed E-state index contributed by atoms with van der Waals surface area (Å²) in [6.07, 6.45) is -0.613. The van der Waals surface area contributed by atoms with Gasteiger partial charge in [0, 0.05) is 6.54 Å². The largest absolute Gasteiger partial charge is 0.457 e. The van der Waals surface area contributed by atoms with Crippen LogP contribution in [-0.2, 0) is 0 Å². The van der Waals surface area contributed by atoms with Gasteiger partial charge in [-0.1, -0.05) is 24.3 Å². The van der Waals surface area contributed by atoms with Crippen molar-refractivity contribution in [2.75, 3.05) is 6.54 Å². The third-order valence-corrected chi connectivity index (χ3v) is 2.71. The van der Waals surface area contributed by atoms with Gasteiger partial charge in [0.2, 0.25) is 0 Å². The van der Waals surface area contributed by atoms with E-state index < -0.39 is 6.10 Å². The van der Waals surface area contributed by atoms with Gasteiger partial charge >= 0.3 is 0 Å². The molecule has 3 N–H and O–H groups in total. The minimum Gasteiger partial charge on any atom is -0.457 e. The number of hydrogen-bond acceptors (Lipinski definition) is 3. The van der Waals surface area contributed by atoms with Crippen LogP contribution in [0.15, 0.2) is 48.5 Å². The molecule has 0 aromatic heterocycles. The van der Waals surface area contributed by atoms with Gasteiger partial charge in [0.05, 0.1) is 6.10 Å². The zero-order valence-corrected chi connectivity index (χ0v) is 10.3. The Hall–Kier alpha value is -1.84. The summed E-state index contributed by atoms with van der Waals surface area (Å²) in [5.41, 5.74) is 7.36. The van der Waals surface area contributed by atoms with Crippen molar-refractivity contribution in [1.29, 1.82) is 0 Å². The first-order valence-corrected chi connectivity index (χ1v) is 5.91. The smallest absolute Gasteiger partial charge is 0.127 e. The average molecular weight is 243 g/mol. The second-order valence-corrected chi connectivity index (χ2v) is 4.24. The molecule has 1 unspecified atom stereocenters. The molecule has 0 aliphatic heterocycles. The summed E-state index contributed by atoms with van der Waals surface area (Å²) < 4.78 is 5.71. The number of nitrogens with two attached hydrogens (primary N) is 1. The fourth-order valence-corrected chi connectivity index (χ4v) is 1.71. The maximum Gasteiger partial charge on any atom is 0.127 e. The molecule has 3 nitrogen and oxygen atoms in total. The topological polar surface area (TPSA) is 55.5 Å². The number of aliphatic hydroxyl groups is 1. The summed E-state index contributed by atoms with van der Waals surface area (Å²) >= 11 is 0. The van der Waals surface area contributed by atoms with Crippen LogP contribution >= 0.6 is 0 Å². The molecule has 0 fully saturated rings. The van der Waals surface area contributed by atoms with Crippen LogP contribution in [0.4, 0.5) is 0 Å². The minimum atomic E-state index is -0.613. The molecule has 0 bridgehead atoms. The highest BCUT2D eigenvalue weighted by molar-refractivity contribution is 5.35. The molecule has 0 spiro atoms. The molecule has 3 heteroatoms. The Kier molecular flexibility index (Phi) is 3.97. The summed E-state index contributed by atoms with van der Waals surface area (Å²) in [6, 6.07) is 15.2. The highest BCUT2D eigenvalue weighted by Gasteiger charge is 2.05. The molecular formula is C15H17NO2. The molecule has 2 rings (SSSR count). The number of ether oxygens (including phenoxy) is 1. The summed E-state index contributed by atoms with van der Waals surface area (Å²) in [5.74, 6) is 1.55. The van der Waals surface area contributed by atoms with E-state index in [9.17, 15) is 5.11 Å². The zero-order chi connectivity index (χ0) is 13.0. The highest BCUT2D eigenvalue weighted by atomic mass is 16.5. The predicted octanol–water partition coefficient (Wildman–Crippen LogP) is 2.78. The maximum atomic E-state index is 9.58. The molecule has 0 heterocycles. The van der Waals surface area contributed by atoms with Gasteiger partial charge in [-0.15, -0.1) is 0 Å². The summed E-state index contributed by atoms with van der Waals surface area (Å²) in [5, 5.41) is 9.58. The molecule has 1 atom stereocenters. The van der Waals surface area contributed by atoms with E-state index in [1.54, 1.807) is 0 Å². The monoisotopic (exact) mass is 243 g/mol. The molecule has 2 aromatic rings. The van der Waals surface area contributed by atoms with Crippen molar-refractivity contribution in [1.82, 2.24) is 0 Å². The molecule has 0 aliphatic rings. The summed E-state index contributed by atoms with van der Waals surface area (Å²) in [4.78, 5) is 0. The van der Waals surface area contributed by atoms with Crippen LogP contribution in [0.3, 0.4) is 0 Å². The van der Waals surface area contributed by atoms with E-state index in [-0.39, 0.29) is 6.54 Å². The average Bonchev–Trinajstić information content (AvgIpc) is 2.39. The van der Waals surface area contributed by atoms with Crippen molar-refractivity contribution in [3.8, 4) is 11.5 Å². The number of rotatable bonds is 4. The third kappa shape index (κ3) is 3.09. The van der Waals surface area contributed by atoms with Gasteiger partial charge in [-0.3, -0.25) is 0 Å². The lowest BCUT2D eigenvalue weighted by Gasteiger charge is -2.10. The number of hydrogen-bond donors (Lipinski definition) is 2. The van der Waals surface area contributed by atoms with Crippen LogP contribution in [0, 0.1) is 6.92 Å². The van der Waals surface area contributed by atoms with E-state index in [1.165, 1.54) is 0 Å². The highest BCUT2D eigenvalue weighted by Crippen LogP contribution is 2.23. The van der Waals surface area contributed by atoms with Crippen molar-refractivity contribution in [2.24, 2.45) is 5.73 Å². The van der Waals surface area contributed by atoms with Crippen LogP contribution in [0.1, 0.15) is 17.2 Å². The Labute approximate surface area is 107 Å². The van der Waals surface area contributed by atoms with Gasteiger partial charge in [-0.25, -0.2) is 0 Å². The maximum absolute atomic E-state index is 9.58. The first kappa shape index (κ1) is 12.6. The molecule has 0 radical (unpaired) electrons. The summed E-state index contributed by atoms with van der Waals surface area (Å²) in [7, 11) is 0. The van der Waals surface area contributed by atoms with Gasteiger partial charge < -0.3 is 15.6 Å². The van der Waals surface area contributed by atoms with Crippen molar-refractivity contribution in [3.05, 3.63) is 59.7 Å². The quantitative estimate of drug-likeness (QED) is 0.868. The third-order valence-electron chi connectivity index (χ3n) is 2.71. The van der Waals surface area contributed by atoms with Gasteiger partial charge in [0.15, 0.2) is 0 Å². The first-order chi connectivity index (χ1) is 8.69. The van der Waals surface area contributed by atoms with Crippen LogP contribution in [0.25, 0.3) is 0 Å². The Morgan fingerprint density at radius 3 is 2.44 bits per heavy atom. The second-order valence-electron chi connectivity index (χ2n) is 4.24. The molecule has 0 saturated heterocycles. The van der Waals surface area contributed by atoms with Crippen molar-refractivity contribution >= 4 is 0 Å².